The van der Waals surface area contributed by atoms with Crippen molar-refractivity contribution in [1.29, 1.82) is 0 Å². The molecule has 6 nitrogen and oxygen atoms in total. The Hall–Kier alpha value is -2.42. The minimum atomic E-state index is -0.557. The maximum absolute atomic E-state index is 11.7. The van der Waals surface area contributed by atoms with Crippen molar-refractivity contribution in [3.8, 4) is 12.3 Å². The number of nitrogens with zero attached hydrogens (tertiary/aromatic N) is 3. The first-order chi connectivity index (χ1) is 8.13. The number of carbonyl (C=O) groups excluding carboxylic acids is 1. The molecule has 1 unspecified atom stereocenters. The van der Waals surface area contributed by atoms with Crippen LogP contribution in [0.1, 0.15) is 6.42 Å². The lowest BCUT2D eigenvalue weighted by Crippen LogP contribution is -2.26. The number of rotatable bonds is 2. The SMILES string of the molecule is C#CC1CC(=O)N(c2ncccc2[N+](=O)[O-])C1. The number of anilines is 1. The van der Waals surface area contributed by atoms with Gasteiger partial charge in [0.25, 0.3) is 0 Å². The third-order valence-electron chi connectivity index (χ3n) is 2.58. The van der Waals surface area contributed by atoms with Crippen LogP contribution in [0.15, 0.2) is 18.3 Å². The van der Waals surface area contributed by atoms with E-state index in [0.29, 0.717) is 0 Å². The van der Waals surface area contributed by atoms with Crippen molar-refractivity contribution < 1.29 is 9.72 Å². The van der Waals surface area contributed by atoms with Gasteiger partial charge in [-0.1, -0.05) is 0 Å². The van der Waals surface area contributed by atoms with Gasteiger partial charge in [0.05, 0.1) is 4.92 Å². The number of amides is 1. The van der Waals surface area contributed by atoms with Crippen molar-refractivity contribution in [1.82, 2.24) is 4.98 Å². The van der Waals surface area contributed by atoms with Gasteiger partial charge >= 0.3 is 5.69 Å². The highest BCUT2D eigenvalue weighted by atomic mass is 16.6. The second kappa shape index (κ2) is 4.22. The number of nitro groups is 1. The van der Waals surface area contributed by atoms with Gasteiger partial charge in [-0.15, -0.1) is 12.3 Å². The van der Waals surface area contributed by atoms with Crippen molar-refractivity contribution >= 4 is 17.4 Å². The lowest BCUT2D eigenvalue weighted by Gasteiger charge is -2.13. The molecule has 0 spiro atoms. The van der Waals surface area contributed by atoms with Gasteiger partial charge < -0.3 is 0 Å². The fraction of sp³-hybridized carbons (Fsp3) is 0.273. The number of aromatic nitrogens is 1. The Kier molecular flexibility index (Phi) is 2.75. The second-order valence-electron chi connectivity index (χ2n) is 3.68. The molecule has 0 saturated carbocycles. The van der Waals surface area contributed by atoms with E-state index in [4.69, 9.17) is 6.42 Å². The number of hydrogen-bond donors (Lipinski definition) is 0. The second-order valence-corrected chi connectivity index (χ2v) is 3.68. The van der Waals surface area contributed by atoms with Crippen molar-refractivity contribution in [3.63, 3.8) is 0 Å². The Balaban J connectivity index is 2.39. The Morgan fingerprint density at radius 3 is 3.00 bits per heavy atom. The summed E-state index contributed by atoms with van der Waals surface area (Å²) in [7, 11) is 0. The Morgan fingerprint density at radius 1 is 1.65 bits per heavy atom. The lowest BCUT2D eigenvalue weighted by atomic mass is 10.1. The summed E-state index contributed by atoms with van der Waals surface area (Å²) < 4.78 is 0. The molecule has 6 heteroatoms. The zero-order valence-corrected chi connectivity index (χ0v) is 8.87. The zero-order valence-electron chi connectivity index (χ0n) is 8.87. The number of terminal acetylenes is 1. The van der Waals surface area contributed by atoms with Crippen LogP contribution in [-0.4, -0.2) is 22.4 Å². The van der Waals surface area contributed by atoms with Gasteiger partial charge in [0.1, 0.15) is 0 Å². The first-order valence-corrected chi connectivity index (χ1v) is 4.99. The molecule has 2 rings (SSSR count). The van der Waals surface area contributed by atoms with Gasteiger partial charge in [-0.25, -0.2) is 4.98 Å². The van der Waals surface area contributed by atoms with Crippen LogP contribution < -0.4 is 4.90 Å². The number of carbonyl (C=O) groups is 1. The fourth-order valence-electron chi connectivity index (χ4n) is 1.76. The molecule has 1 atom stereocenters. The van der Waals surface area contributed by atoms with Crippen LogP contribution in [0.5, 0.6) is 0 Å². The Morgan fingerprint density at radius 2 is 2.41 bits per heavy atom. The molecule has 1 fully saturated rings. The van der Waals surface area contributed by atoms with E-state index in [1.807, 2.05) is 0 Å². The maximum atomic E-state index is 11.7. The quantitative estimate of drug-likeness (QED) is 0.432. The molecule has 1 aromatic heterocycles. The normalized spacial score (nSPS) is 19.1. The van der Waals surface area contributed by atoms with Crippen LogP contribution in [0.3, 0.4) is 0 Å². The molecule has 0 aromatic carbocycles. The van der Waals surface area contributed by atoms with Crippen LogP contribution in [0.25, 0.3) is 0 Å². The summed E-state index contributed by atoms with van der Waals surface area (Å²) in [6.45, 7) is 0.285. The van der Waals surface area contributed by atoms with Gasteiger partial charge in [-0.2, -0.15) is 0 Å². The van der Waals surface area contributed by atoms with E-state index in [2.05, 4.69) is 10.9 Å². The van der Waals surface area contributed by atoms with Crippen LogP contribution in [-0.2, 0) is 4.79 Å². The molecule has 1 aliphatic heterocycles. The molecule has 0 bridgehead atoms. The molecule has 1 amide bonds. The zero-order chi connectivity index (χ0) is 12.4. The van der Waals surface area contributed by atoms with Gasteiger partial charge in [0.2, 0.25) is 11.7 Å². The highest BCUT2D eigenvalue weighted by Gasteiger charge is 2.34. The van der Waals surface area contributed by atoms with Crippen molar-refractivity contribution in [3.05, 3.63) is 28.4 Å². The lowest BCUT2D eigenvalue weighted by molar-refractivity contribution is -0.384. The summed E-state index contributed by atoms with van der Waals surface area (Å²) in [6, 6.07) is 2.78. The van der Waals surface area contributed by atoms with Gasteiger partial charge in [0, 0.05) is 31.1 Å². The van der Waals surface area contributed by atoms with Crippen LogP contribution in [0.2, 0.25) is 0 Å². The molecule has 0 N–H and O–H groups in total. The highest BCUT2D eigenvalue weighted by Crippen LogP contribution is 2.30. The number of pyridine rings is 1. The van der Waals surface area contributed by atoms with E-state index >= 15 is 0 Å². The molecule has 1 aliphatic rings. The van der Waals surface area contributed by atoms with E-state index in [1.165, 1.54) is 23.2 Å². The largest absolute Gasteiger partial charge is 0.312 e. The molecule has 0 aliphatic carbocycles. The first-order valence-electron chi connectivity index (χ1n) is 4.99. The molecule has 1 saturated heterocycles. The van der Waals surface area contributed by atoms with E-state index < -0.39 is 4.92 Å². The van der Waals surface area contributed by atoms with Crippen LogP contribution in [0.4, 0.5) is 11.5 Å². The molecule has 0 radical (unpaired) electrons. The molecular formula is C11H9N3O3. The minimum Gasteiger partial charge on any atom is -0.290 e. The third kappa shape index (κ3) is 1.95. The third-order valence-corrected chi connectivity index (χ3v) is 2.58. The summed E-state index contributed by atoms with van der Waals surface area (Å²) in [5.74, 6) is 2.12. The topological polar surface area (TPSA) is 76.3 Å². The van der Waals surface area contributed by atoms with E-state index in [0.717, 1.165) is 0 Å². The van der Waals surface area contributed by atoms with Gasteiger partial charge in [0.15, 0.2) is 0 Å². The average Bonchev–Trinajstić information content (AvgIpc) is 2.70. The van der Waals surface area contributed by atoms with Crippen molar-refractivity contribution in [2.24, 2.45) is 5.92 Å². The number of hydrogen-bond acceptors (Lipinski definition) is 4. The van der Waals surface area contributed by atoms with Crippen molar-refractivity contribution in [2.45, 2.75) is 6.42 Å². The predicted molar refractivity (Wildman–Crippen MR) is 60.2 cm³/mol. The summed E-state index contributed by atoms with van der Waals surface area (Å²) in [5, 5.41) is 10.8. The summed E-state index contributed by atoms with van der Waals surface area (Å²) in [5.41, 5.74) is -0.182. The van der Waals surface area contributed by atoms with E-state index in [9.17, 15) is 14.9 Å². The molecular weight excluding hydrogens is 222 g/mol. The predicted octanol–water partition coefficient (Wildman–Crippen LogP) is 0.976. The molecule has 86 valence electrons. The molecule has 1 aromatic rings. The smallest absolute Gasteiger partial charge is 0.290 e. The van der Waals surface area contributed by atoms with E-state index in [-0.39, 0.29) is 36.3 Å². The first kappa shape index (κ1) is 11.1. The molecule has 2 heterocycles. The van der Waals surface area contributed by atoms with Crippen molar-refractivity contribution in [2.75, 3.05) is 11.4 Å². The van der Waals surface area contributed by atoms with Gasteiger partial charge in [-0.05, 0) is 6.07 Å². The Bertz CT molecular complexity index is 521. The molecule has 17 heavy (non-hydrogen) atoms. The van der Waals surface area contributed by atoms with Crippen LogP contribution in [0, 0.1) is 28.4 Å². The van der Waals surface area contributed by atoms with Crippen LogP contribution >= 0.6 is 0 Å². The standard InChI is InChI=1S/C11H9N3O3/c1-2-8-6-10(15)13(7-8)11-9(14(16)17)4-3-5-12-11/h1,3-5,8H,6-7H2. The average molecular weight is 231 g/mol. The highest BCUT2D eigenvalue weighted by molar-refractivity contribution is 5.97. The van der Waals surface area contributed by atoms with E-state index in [1.54, 1.807) is 0 Å². The van der Waals surface area contributed by atoms with Gasteiger partial charge in [-0.3, -0.25) is 19.8 Å². The Labute approximate surface area is 97.4 Å². The summed E-state index contributed by atoms with van der Waals surface area (Å²) >= 11 is 0. The summed E-state index contributed by atoms with van der Waals surface area (Å²) in [6.07, 6.45) is 6.88. The maximum Gasteiger partial charge on any atom is 0.312 e. The summed E-state index contributed by atoms with van der Waals surface area (Å²) in [4.78, 5) is 27.1. The fourth-order valence-corrected chi connectivity index (χ4v) is 1.76. The monoisotopic (exact) mass is 231 g/mol. The minimum absolute atomic E-state index is 0.0697.